The summed E-state index contributed by atoms with van der Waals surface area (Å²) >= 11 is 1.85. The van der Waals surface area contributed by atoms with Crippen LogP contribution in [0.15, 0.2) is 41.8 Å². The van der Waals surface area contributed by atoms with Crippen molar-refractivity contribution in [3.05, 3.63) is 58.2 Å². The highest BCUT2D eigenvalue weighted by molar-refractivity contribution is 7.10. The summed E-state index contributed by atoms with van der Waals surface area (Å²) in [6, 6.07) is 10.7. The fraction of sp³-hybridized carbons (Fsp3) is 0.458. The van der Waals surface area contributed by atoms with Crippen LogP contribution in [0.1, 0.15) is 34.6 Å². The maximum Gasteiger partial charge on any atom is 0.270 e. The Morgan fingerprint density at radius 1 is 1.19 bits per heavy atom. The number of benzene rings is 1. The van der Waals surface area contributed by atoms with Gasteiger partial charge in [-0.2, -0.15) is 0 Å². The van der Waals surface area contributed by atoms with Gasteiger partial charge < -0.3 is 14.8 Å². The zero-order valence-corrected chi connectivity index (χ0v) is 19.3. The maximum absolute atomic E-state index is 13.4. The number of nitrogens with one attached hydrogen (secondary N) is 1. The first-order valence-electron chi connectivity index (χ1n) is 10.9. The van der Waals surface area contributed by atoms with Gasteiger partial charge in [0, 0.05) is 42.5 Å². The van der Waals surface area contributed by atoms with Crippen LogP contribution >= 0.6 is 11.3 Å². The number of hydrogen-bond acceptors (Lipinski definition) is 4. The summed E-state index contributed by atoms with van der Waals surface area (Å²) in [6.07, 6.45) is 3.19. The summed E-state index contributed by atoms with van der Waals surface area (Å²) in [4.78, 5) is 24.0. The number of thiophene rings is 1. The molecule has 0 saturated carbocycles. The number of piperidine rings is 1. The van der Waals surface area contributed by atoms with Gasteiger partial charge >= 0.3 is 0 Å². The second kappa shape index (κ2) is 9.10. The summed E-state index contributed by atoms with van der Waals surface area (Å²) in [7, 11) is 6.21. The average molecular weight is 443 g/mol. The second-order valence-electron chi connectivity index (χ2n) is 8.74. The van der Waals surface area contributed by atoms with Crippen molar-refractivity contribution in [2.75, 3.05) is 47.3 Å². The number of carbonyl (C=O) groups excluding carboxylic acids is 1. The first kappa shape index (κ1) is 22.0. The van der Waals surface area contributed by atoms with Crippen LogP contribution in [0.2, 0.25) is 0 Å². The lowest BCUT2D eigenvalue weighted by molar-refractivity contribution is 0.0545. The fourth-order valence-corrected chi connectivity index (χ4v) is 5.73. The van der Waals surface area contributed by atoms with Crippen molar-refractivity contribution in [3.63, 3.8) is 0 Å². The van der Waals surface area contributed by atoms with E-state index in [1.165, 1.54) is 17.0 Å². The highest BCUT2D eigenvalue weighted by atomic mass is 32.1. The molecule has 3 aromatic rings. The number of amides is 1. The molecule has 7 heteroatoms. The normalized spacial score (nSPS) is 16.8. The Morgan fingerprint density at radius 2 is 1.97 bits per heavy atom. The Bertz CT molecular complexity index is 1020. The maximum atomic E-state index is 13.4. The number of rotatable bonds is 7. The number of aromatic nitrogens is 1. The molecule has 1 aliphatic rings. The summed E-state index contributed by atoms with van der Waals surface area (Å²) in [5, 5.41) is 2.89. The molecule has 2 aromatic heterocycles. The van der Waals surface area contributed by atoms with Gasteiger partial charge in [-0.15, -0.1) is 11.3 Å². The molecule has 4 rings (SSSR count). The van der Waals surface area contributed by atoms with E-state index in [1.54, 1.807) is 17.0 Å². The van der Waals surface area contributed by atoms with E-state index in [0.717, 1.165) is 49.8 Å². The largest absolute Gasteiger partial charge is 0.351 e. The number of aromatic amines is 1. The second-order valence-corrected chi connectivity index (χ2v) is 9.69. The van der Waals surface area contributed by atoms with E-state index in [0.29, 0.717) is 12.2 Å². The monoisotopic (exact) mass is 442 g/mol. The highest BCUT2D eigenvalue weighted by Gasteiger charge is 2.38. The van der Waals surface area contributed by atoms with Crippen molar-refractivity contribution < 1.29 is 9.18 Å². The topological polar surface area (TPSA) is 42.6 Å². The predicted molar refractivity (Wildman–Crippen MR) is 125 cm³/mol. The van der Waals surface area contributed by atoms with Crippen LogP contribution in [0.5, 0.6) is 0 Å². The number of halogens is 1. The van der Waals surface area contributed by atoms with Crippen LogP contribution < -0.4 is 0 Å². The minimum Gasteiger partial charge on any atom is -0.351 e. The highest BCUT2D eigenvalue weighted by Crippen LogP contribution is 2.39. The third-order valence-corrected chi connectivity index (χ3v) is 7.71. The summed E-state index contributed by atoms with van der Waals surface area (Å²) < 4.78 is 13.4. The van der Waals surface area contributed by atoms with Crippen molar-refractivity contribution in [1.82, 2.24) is 19.7 Å². The number of hydrogen-bond donors (Lipinski definition) is 1. The average Bonchev–Trinajstić information content (AvgIpc) is 3.43. The fourth-order valence-electron chi connectivity index (χ4n) is 4.66. The lowest BCUT2D eigenvalue weighted by Crippen LogP contribution is -2.50. The van der Waals surface area contributed by atoms with Crippen LogP contribution in [-0.4, -0.2) is 72.9 Å². The summed E-state index contributed by atoms with van der Waals surface area (Å²) in [5.41, 5.74) is 1.43. The molecule has 1 amide bonds. The minimum atomic E-state index is -0.294. The molecule has 166 valence electrons. The molecular weight excluding hydrogens is 411 g/mol. The first-order chi connectivity index (χ1) is 14.9. The Balaban J connectivity index is 1.28. The van der Waals surface area contributed by atoms with E-state index >= 15 is 0 Å². The van der Waals surface area contributed by atoms with Crippen molar-refractivity contribution in [2.24, 2.45) is 0 Å². The standard InChI is InChI=1S/C24H31FN4OS/c1-27(2)24(22-6-4-15-31-22)9-13-29(14-10-24)12-5-11-28(3)23(30)21-17-18-16-19(25)7-8-20(18)26-21/h4,6-8,15-17,26H,5,9-14H2,1-3H3. The van der Waals surface area contributed by atoms with Crippen molar-refractivity contribution in [1.29, 1.82) is 0 Å². The van der Waals surface area contributed by atoms with Gasteiger partial charge in [-0.1, -0.05) is 6.07 Å². The Hall–Kier alpha value is -2.22. The van der Waals surface area contributed by atoms with Gasteiger partial charge in [0.1, 0.15) is 11.5 Å². The van der Waals surface area contributed by atoms with Gasteiger partial charge in [0.15, 0.2) is 0 Å². The number of fused-ring (bicyclic) bond motifs is 1. The molecular formula is C24H31FN4OS. The van der Waals surface area contributed by atoms with Crippen LogP contribution in [0, 0.1) is 5.82 Å². The Morgan fingerprint density at radius 3 is 2.65 bits per heavy atom. The molecule has 5 nitrogen and oxygen atoms in total. The van der Waals surface area contributed by atoms with Crippen LogP contribution in [0.4, 0.5) is 4.39 Å². The summed E-state index contributed by atoms with van der Waals surface area (Å²) in [6.45, 7) is 3.83. The molecule has 1 saturated heterocycles. The Labute approximate surface area is 187 Å². The summed E-state index contributed by atoms with van der Waals surface area (Å²) in [5.74, 6) is -0.350. The third-order valence-electron chi connectivity index (χ3n) is 6.65. The zero-order chi connectivity index (χ0) is 22.0. The lowest BCUT2D eigenvalue weighted by Gasteiger charge is -2.46. The van der Waals surface area contributed by atoms with Gasteiger partial charge in [-0.3, -0.25) is 9.69 Å². The number of H-pyrrole nitrogens is 1. The third kappa shape index (κ3) is 4.54. The number of likely N-dealkylation sites (tertiary alicyclic amines) is 1. The number of carbonyl (C=O) groups is 1. The lowest BCUT2D eigenvalue weighted by atomic mass is 9.84. The van der Waals surface area contributed by atoms with Crippen molar-refractivity contribution in [3.8, 4) is 0 Å². The predicted octanol–water partition coefficient (Wildman–Crippen LogP) is 4.38. The minimum absolute atomic E-state index is 0.0560. The molecule has 0 atom stereocenters. The van der Waals surface area contributed by atoms with Crippen LogP contribution in [0.3, 0.4) is 0 Å². The van der Waals surface area contributed by atoms with Crippen LogP contribution in [0.25, 0.3) is 10.9 Å². The molecule has 1 aliphatic heterocycles. The zero-order valence-electron chi connectivity index (χ0n) is 18.5. The molecule has 1 fully saturated rings. The van der Waals surface area contributed by atoms with Gasteiger partial charge in [0.2, 0.25) is 0 Å². The van der Waals surface area contributed by atoms with Crippen molar-refractivity contribution in [2.45, 2.75) is 24.8 Å². The molecule has 0 unspecified atom stereocenters. The molecule has 31 heavy (non-hydrogen) atoms. The molecule has 0 aliphatic carbocycles. The van der Waals surface area contributed by atoms with E-state index in [1.807, 2.05) is 18.4 Å². The smallest absolute Gasteiger partial charge is 0.270 e. The quantitative estimate of drug-likeness (QED) is 0.590. The molecule has 0 spiro atoms. The van der Waals surface area contributed by atoms with E-state index in [2.05, 4.69) is 46.4 Å². The van der Waals surface area contributed by atoms with Crippen LogP contribution in [-0.2, 0) is 5.54 Å². The number of nitrogens with zero attached hydrogens (tertiary/aromatic N) is 3. The Kier molecular flexibility index (Phi) is 6.46. The van der Waals surface area contributed by atoms with E-state index in [9.17, 15) is 9.18 Å². The SMILES string of the molecule is CN(CCCN1CCC(c2cccs2)(N(C)C)CC1)C(=O)c1cc2cc(F)ccc2[nH]1. The molecule has 0 bridgehead atoms. The molecule has 3 heterocycles. The first-order valence-corrected chi connectivity index (χ1v) is 11.7. The van der Waals surface area contributed by atoms with E-state index in [-0.39, 0.29) is 17.3 Å². The van der Waals surface area contributed by atoms with E-state index < -0.39 is 0 Å². The molecule has 1 aromatic carbocycles. The molecule has 1 N–H and O–H groups in total. The molecule has 0 radical (unpaired) electrons. The van der Waals surface area contributed by atoms with Gasteiger partial charge in [0.25, 0.3) is 5.91 Å². The van der Waals surface area contributed by atoms with Gasteiger partial charge in [-0.25, -0.2) is 4.39 Å². The van der Waals surface area contributed by atoms with Crippen molar-refractivity contribution >= 4 is 28.1 Å². The van der Waals surface area contributed by atoms with E-state index in [4.69, 9.17) is 0 Å². The van der Waals surface area contributed by atoms with Gasteiger partial charge in [-0.05, 0) is 75.6 Å². The van der Waals surface area contributed by atoms with Gasteiger partial charge in [0.05, 0.1) is 5.54 Å².